The van der Waals surface area contributed by atoms with E-state index in [0.717, 1.165) is 4.90 Å². The van der Waals surface area contributed by atoms with E-state index >= 15 is 0 Å². The predicted molar refractivity (Wildman–Crippen MR) is 52.2 cm³/mol. The second-order valence-corrected chi connectivity index (χ2v) is 4.00. The molecular formula is C10H15F2NO3. The topological polar surface area (TPSA) is 57.6 Å². The van der Waals surface area contributed by atoms with E-state index in [2.05, 4.69) is 0 Å². The summed E-state index contributed by atoms with van der Waals surface area (Å²) in [6, 6.07) is 0. The standard InChI is InChI=1S/C10H15F2NO3/c11-9(12)10(16)13-5-3-7(4-6-13)1-2-8(14)15/h7,9H,1-6H2,(H,14,15). The second kappa shape index (κ2) is 5.77. The number of aliphatic carboxylic acids is 1. The van der Waals surface area contributed by atoms with Gasteiger partial charge in [-0.15, -0.1) is 0 Å². The molecule has 0 aromatic heterocycles. The number of hydrogen-bond acceptors (Lipinski definition) is 2. The molecule has 1 N–H and O–H groups in total. The highest BCUT2D eigenvalue weighted by Gasteiger charge is 2.27. The van der Waals surface area contributed by atoms with Crippen LogP contribution in [0.2, 0.25) is 0 Å². The Hall–Kier alpha value is -1.20. The monoisotopic (exact) mass is 235 g/mol. The van der Waals surface area contributed by atoms with Crippen LogP contribution in [0.4, 0.5) is 8.78 Å². The number of piperidine rings is 1. The third-order valence-electron chi connectivity index (χ3n) is 2.88. The summed E-state index contributed by atoms with van der Waals surface area (Å²) in [5.41, 5.74) is 0. The van der Waals surface area contributed by atoms with Crippen molar-refractivity contribution in [1.29, 1.82) is 0 Å². The maximum atomic E-state index is 12.1. The zero-order chi connectivity index (χ0) is 12.1. The minimum absolute atomic E-state index is 0.105. The van der Waals surface area contributed by atoms with Crippen molar-refractivity contribution < 1.29 is 23.5 Å². The van der Waals surface area contributed by atoms with E-state index in [-0.39, 0.29) is 12.3 Å². The third-order valence-corrected chi connectivity index (χ3v) is 2.88. The summed E-state index contributed by atoms with van der Waals surface area (Å²) >= 11 is 0. The molecule has 1 fully saturated rings. The van der Waals surface area contributed by atoms with Crippen LogP contribution in [0.1, 0.15) is 25.7 Å². The zero-order valence-corrected chi connectivity index (χ0v) is 8.86. The van der Waals surface area contributed by atoms with Crippen molar-refractivity contribution >= 4 is 11.9 Å². The van der Waals surface area contributed by atoms with Crippen LogP contribution in [-0.4, -0.2) is 41.4 Å². The molecule has 1 aliphatic heterocycles. The van der Waals surface area contributed by atoms with Crippen molar-refractivity contribution in [2.45, 2.75) is 32.1 Å². The number of nitrogens with zero attached hydrogens (tertiary/aromatic N) is 1. The Balaban J connectivity index is 2.28. The van der Waals surface area contributed by atoms with Gasteiger partial charge in [-0.3, -0.25) is 9.59 Å². The average Bonchev–Trinajstić information content (AvgIpc) is 2.26. The molecule has 1 aliphatic rings. The Bertz CT molecular complexity index is 263. The number of rotatable bonds is 4. The molecule has 92 valence electrons. The maximum absolute atomic E-state index is 12.1. The fraction of sp³-hybridized carbons (Fsp3) is 0.800. The summed E-state index contributed by atoms with van der Waals surface area (Å²) in [5, 5.41) is 8.49. The summed E-state index contributed by atoms with van der Waals surface area (Å²) in [6.45, 7) is 0.626. The number of carbonyl (C=O) groups is 2. The quantitative estimate of drug-likeness (QED) is 0.800. The van der Waals surface area contributed by atoms with Crippen LogP contribution in [-0.2, 0) is 9.59 Å². The van der Waals surface area contributed by atoms with E-state index in [0.29, 0.717) is 32.4 Å². The smallest absolute Gasteiger partial charge is 0.315 e. The van der Waals surface area contributed by atoms with Gasteiger partial charge in [0.15, 0.2) is 0 Å². The van der Waals surface area contributed by atoms with Gasteiger partial charge in [0.2, 0.25) is 0 Å². The summed E-state index contributed by atoms with van der Waals surface area (Å²) in [7, 11) is 0. The summed E-state index contributed by atoms with van der Waals surface area (Å²) < 4.78 is 24.2. The van der Waals surface area contributed by atoms with Crippen molar-refractivity contribution in [3.8, 4) is 0 Å². The summed E-state index contributed by atoms with van der Waals surface area (Å²) in [5.74, 6) is -1.72. The van der Waals surface area contributed by atoms with Gasteiger partial charge in [-0.05, 0) is 25.2 Å². The molecule has 1 rings (SSSR count). The van der Waals surface area contributed by atoms with Gasteiger partial charge in [-0.25, -0.2) is 0 Å². The van der Waals surface area contributed by atoms with E-state index in [4.69, 9.17) is 5.11 Å². The number of carboxylic acids is 1. The normalized spacial score (nSPS) is 17.8. The largest absolute Gasteiger partial charge is 0.481 e. The molecular weight excluding hydrogens is 220 g/mol. The van der Waals surface area contributed by atoms with Gasteiger partial charge >= 0.3 is 12.4 Å². The number of halogens is 2. The van der Waals surface area contributed by atoms with E-state index in [1.54, 1.807) is 0 Å². The molecule has 4 nitrogen and oxygen atoms in total. The van der Waals surface area contributed by atoms with E-state index in [9.17, 15) is 18.4 Å². The van der Waals surface area contributed by atoms with Crippen LogP contribution in [0.25, 0.3) is 0 Å². The number of carbonyl (C=O) groups excluding carboxylic acids is 1. The Kier molecular flexibility index (Phi) is 4.64. The number of carboxylic acid groups (broad SMARTS) is 1. The van der Waals surface area contributed by atoms with Crippen molar-refractivity contribution in [2.75, 3.05) is 13.1 Å². The molecule has 6 heteroatoms. The lowest BCUT2D eigenvalue weighted by molar-refractivity contribution is -0.144. The lowest BCUT2D eigenvalue weighted by Gasteiger charge is -2.31. The molecule has 0 aromatic carbocycles. The van der Waals surface area contributed by atoms with Crippen LogP contribution in [0.15, 0.2) is 0 Å². The Morgan fingerprint density at radius 2 is 1.88 bits per heavy atom. The van der Waals surface area contributed by atoms with Gasteiger partial charge in [0.25, 0.3) is 5.91 Å². The number of amides is 1. The minimum Gasteiger partial charge on any atom is -0.481 e. The van der Waals surface area contributed by atoms with Crippen LogP contribution in [0.5, 0.6) is 0 Å². The van der Waals surface area contributed by atoms with Crippen molar-refractivity contribution in [3.63, 3.8) is 0 Å². The number of alkyl halides is 2. The van der Waals surface area contributed by atoms with Gasteiger partial charge in [0, 0.05) is 19.5 Å². The first kappa shape index (κ1) is 12.9. The molecule has 0 unspecified atom stereocenters. The molecule has 1 saturated heterocycles. The maximum Gasteiger partial charge on any atom is 0.315 e. The fourth-order valence-electron chi connectivity index (χ4n) is 1.91. The van der Waals surface area contributed by atoms with E-state index < -0.39 is 18.3 Å². The minimum atomic E-state index is -2.93. The Morgan fingerprint density at radius 1 is 1.31 bits per heavy atom. The van der Waals surface area contributed by atoms with Gasteiger partial charge in [0.1, 0.15) is 0 Å². The van der Waals surface area contributed by atoms with Gasteiger partial charge in [-0.2, -0.15) is 8.78 Å². The fourth-order valence-corrected chi connectivity index (χ4v) is 1.91. The Morgan fingerprint density at radius 3 is 2.31 bits per heavy atom. The van der Waals surface area contributed by atoms with Crippen LogP contribution < -0.4 is 0 Å². The SMILES string of the molecule is O=C(O)CCC1CCN(C(=O)C(F)F)CC1. The predicted octanol–water partition coefficient (Wildman–Crippen LogP) is 1.35. The van der Waals surface area contributed by atoms with Crippen LogP contribution >= 0.6 is 0 Å². The van der Waals surface area contributed by atoms with Crippen molar-refractivity contribution in [1.82, 2.24) is 4.90 Å². The highest BCUT2D eigenvalue weighted by molar-refractivity contribution is 5.79. The molecule has 1 amide bonds. The number of hydrogen-bond donors (Lipinski definition) is 1. The summed E-state index contributed by atoms with van der Waals surface area (Å²) in [6.07, 6.45) is -1.03. The van der Waals surface area contributed by atoms with Crippen molar-refractivity contribution in [2.24, 2.45) is 5.92 Å². The number of likely N-dealkylation sites (tertiary alicyclic amines) is 1. The Labute approximate surface area is 92.2 Å². The van der Waals surface area contributed by atoms with Gasteiger partial charge < -0.3 is 10.0 Å². The van der Waals surface area contributed by atoms with E-state index in [1.807, 2.05) is 0 Å². The first-order chi connectivity index (χ1) is 7.50. The van der Waals surface area contributed by atoms with Gasteiger partial charge in [-0.1, -0.05) is 0 Å². The van der Waals surface area contributed by atoms with E-state index in [1.165, 1.54) is 0 Å². The molecule has 0 bridgehead atoms. The molecule has 1 heterocycles. The first-order valence-corrected chi connectivity index (χ1v) is 5.29. The zero-order valence-electron chi connectivity index (χ0n) is 8.86. The molecule has 0 saturated carbocycles. The highest BCUT2D eigenvalue weighted by atomic mass is 19.3. The molecule has 0 atom stereocenters. The van der Waals surface area contributed by atoms with Crippen LogP contribution in [0.3, 0.4) is 0 Å². The average molecular weight is 235 g/mol. The van der Waals surface area contributed by atoms with Crippen LogP contribution in [0, 0.1) is 5.92 Å². The summed E-state index contributed by atoms with van der Waals surface area (Å²) in [4.78, 5) is 22.4. The molecule has 0 aliphatic carbocycles. The first-order valence-electron chi connectivity index (χ1n) is 5.29. The van der Waals surface area contributed by atoms with Gasteiger partial charge in [0.05, 0.1) is 0 Å². The molecule has 16 heavy (non-hydrogen) atoms. The highest BCUT2D eigenvalue weighted by Crippen LogP contribution is 2.22. The third kappa shape index (κ3) is 3.75. The lowest BCUT2D eigenvalue weighted by Crippen LogP contribution is -2.41. The molecule has 0 aromatic rings. The lowest BCUT2D eigenvalue weighted by atomic mass is 9.92. The molecule has 0 radical (unpaired) electrons. The molecule has 0 spiro atoms. The second-order valence-electron chi connectivity index (χ2n) is 4.00. The van der Waals surface area contributed by atoms with Crippen molar-refractivity contribution in [3.05, 3.63) is 0 Å².